The van der Waals surface area contributed by atoms with Crippen molar-refractivity contribution >= 4 is 35.4 Å². The molecule has 9 nitrogen and oxygen atoms in total. The predicted octanol–water partition coefficient (Wildman–Crippen LogP) is -1.72. The van der Waals surface area contributed by atoms with Gasteiger partial charge in [0.25, 0.3) is 4.20 Å². The number of hydrogen-bond acceptors (Lipinski definition) is 8. The molecule has 4 N–H and O–H groups in total. The minimum Gasteiger partial charge on any atom is -0.399 e. The molecule has 0 heterocycles. The zero-order chi connectivity index (χ0) is 17.4. The van der Waals surface area contributed by atoms with E-state index in [0.717, 1.165) is 12.1 Å². The number of anilines is 1. The fraction of sp³-hybridized carbons (Fsp3) is 0.400. The van der Waals surface area contributed by atoms with Crippen molar-refractivity contribution in [3.63, 3.8) is 0 Å². The van der Waals surface area contributed by atoms with Crippen molar-refractivity contribution in [1.29, 1.82) is 0 Å². The average molecular weight is 372 g/mol. The minimum absolute atomic E-state index is 0.0798. The molecule has 0 fully saturated rings. The van der Waals surface area contributed by atoms with E-state index in [2.05, 4.69) is 0 Å². The number of nitrogens with two attached hydrogens (primary N) is 1. The van der Waals surface area contributed by atoms with Gasteiger partial charge in [0, 0.05) is 18.2 Å². The van der Waals surface area contributed by atoms with Gasteiger partial charge in [-0.3, -0.25) is 0 Å². The van der Waals surface area contributed by atoms with Crippen LogP contribution in [0.1, 0.15) is 0 Å². The first kappa shape index (κ1) is 18.8. The van der Waals surface area contributed by atoms with Crippen LogP contribution < -0.4 is 10.5 Å². The van der Waals surface area contributed by atoms with Gasteiger partial charge in [-0.25, -0.2) is 25.3 Å². The first-order chi connectivity index (χ1) is 9.77. The Hall–Kier alpha value is -1.21. The molecule has 1 aromatic carbocycles. The summed E-state index contributed by atoms with van der Waals surface area (Å²) in [5.74, 6) is 0. The molecule has 0 unspecified atom stereocenters. The molecule has 0 aliphatic rings. The first-order valence-corrected chi connectivity index (χ1v) is 10.9. The average Bonchev–Trinajstić information content (AvgIpc) is 2.33. The smallest absolute Gasteiger partial charge is 0.258 e. The molecule has 0 saturated carbocycles. The Morgan fingerprint density at radius 3 is 1.95 bits per heavy atom. The number of aliphatic hydroxyl groups is 1. The van der Waals surface area contributed by atoms with E-state index in [4.69, 9.17) is 5.73 Å². The van der Waals surface area contributed by atoms with Gasteiger partial charge in [-0.15, -0.1) is 0 Å². The Bertz CT molecular complexity index is 841. The van der Waals surface area contributed by atoms with E-state index in [1.54, 1.807) is 4.72 Å². The van der Waals surface area contributed by atoms with Crippen molar-refractivity contribution in [1.82, 2.24) is 4.72 Å². The second-order valence-electron chi connectivity index (χ2n) is 4.63. The fourth-order valence-corrected chi connectivity index (χ4v) is 7.32. The number of sulfone groups is 2. The number of aliphatic hydroxyl groups excluding tert-OH is 1. The third-order valence-electron chi connectivity index (χ3n) is 2.86. The summed E-state index contributed by atoms with van der Waals surface area (Å²) >= 11 is 0. The van der Waals surface area contributed by atoms with Crippen LogP contribution in [0.4, 0.5) is 5.69 Å². The molecule has 12 heteroatoms. The van der Waals surface area contributed by atoms with Gasteiger partial charge >= 0.3 is 0 Å². The van der Waals surface area contributed by atoms with Crippen LogP contribution >= 0.6 is 0 Å². The molecular formula is C10H16N2O7S3. The molecular weight excluding hydrogens is 356 g/mol. The number of rotatable bonds is 6. The van der Waals surface area contributed by atoms with Gasteiger partial charge in [0.05, 0.1) is 11.5 Å². The minimum atomic E-state index is -4.57. The molecule has 0 atom stereocenters. The normalized spacial score (nSPS) is 14.0. The van der Waals surface area contributed by atoms with E-state index < -0.39 is 45.4 Å². The highest BCUT2D eigenvalue weighted by molar-refractivity contribution is 8.10. The molecule has 22 heavy (non-hydrogen) atoms. The quantitative estimate of drug-likeness (QED) is 0.497. The molecule has 0 spiro atoms. The highest BCUT2D eigenvalue weighted by atomic mass is 32.3. The van der Waals surface area contributed by atoms with Gasteiger partial charge in [-0.1, -0.05) is 6.07 Å². The third kappa shape index (κ3) is 3.41. The Labute approximate surface area is 129 Å². The van der Waals surface area contributed by atoms with E-state index in [9.17, 15) is 30.4 Å². The van der Waals surface area contributed by atoms with Gasteiger partial charge in [-0.2, -0.15) is 4.72 Å². The van der Waals surface area contributed by atoms with E-state index in [1.807, 2.05) is 0 Å². The summed E-state index contributed by atoms with van der Waals surface area (Å²) in [6, 6.07) is 4.82. The van der Waals surface area contributed by atoms with Crippen LogP contribution in [0.2, 0.25) is 0 Å². The first-order valence-electron chi connectivity index (χ1n) is 5.66. The second kappa shape index (κ2) is 5.77. The summed E-state index contributed by atoms with van der Waals surface area (Å²) in [6.07, 6.45) is 1.01. The zero-order valence-corrected chi connectivity index (χ0v) is 14.2. The van der Waals surface area contributed by atoms with Crippen molar-refractivity contribution in [3.05, 3.63) is 24.3 Å². The van der Waals surface area contributed by atoms with Gasteiger partial charge in [0.1, 0.15) is 0 Å². The number of nitrogens with one attached hydrogen (secondary N) is 1. The van der Waals surface area contributed by atoms with Crippen LogP contribution in [-0.2, 0) is 29.7 Å². The lowest BCUT2D eigenvalue weighted by atomic mass is 10.3. The Morgan fingerprint density at radius 1 is 1.09 bits per heavy atom. The Morgan fingerprint density at radius 2 is 1.59 bits per heavy atom. The van der Waals surface area contributed by atoms with Gasteiger partial charge in [0.2, 0.25) is 10.0 Å². The summed E-state index contributed by atoms with van der Waals surface area (Å²) in [7, 11) is -13.7. The maximum Gasteiger partial charge on any atom is 0.258 e. The lowest BCUT2D eigenvalue weighted by molar-refractivity contribution is 0.268. The predicted molar refractivity (Wildman–Crippen MR) is 80.7 cm³/mol. The van der Waals surface area contributed by atoms with E-state index in [-0.39, 0.29) is 5.69 Å². The Kier molecular flexibility index (Phi) is 4.94. The van der Waals surface area contributed by atoms with Crippen LogP contribution in [0, 0.1) is 0 Å². The Balaban J connectivity index is 3.57. The second-order valence-corrected chi connectivity index (χ2v) is 11.1. The zero-order valence-electron chi connectivity index (χ0n) is 11.7. The number of hydrogen-bond donors (Lipinski definition) is 3. The summed E-state index contributed by atoms with van der Waals surface area (Å²) < 4.78 is 70.2. The van der Waals surface area contributed by atoms with E-state index >= 15 is 0 Å². The maximum atomic E-state index is 12.2. The van der Waals surface area contributed by atoms with Crippen molar-refractivity contribution in [3.8, 4) is 0 Å². The number of sulfonamides is 1. The molecule has 1 aromatic rings. The summed E-state index contributed by atoms with van der Waals surface area (Å²) in [5, 5.41) is 9.30. The summed E-state index contributed by atoms with van der Waals surface area (Å²) in [5.41, 5.74) is 5.52. The van der Waals surface area contributed by atoms with Gasteiger partial charge in [-0.05, 0) is 18.2 Å². The highest BCUT2D eigenvalue weighted by Gasteiger charge is 2.53. The van der Waals surface area contributed by atoms with Gasteiger partial charge < -0.3 is 10.8 Å². The number of nitrogen functional groups attached to an aromatic ring is 1. The van der Waals surface area contributed by atoms with Crippen LogP contribution in [0.5, 0.6) is 0 Å². The van der Waals surface area contributed by atoms with E-state index in [0.29, 0.717) is 12.5 Å². The lowest BCUT2D eigenvalue weighted by Crippen LogP contribution is -2.61. The molecule has 0 aliphatic heterocycles. The maximum absolute atomic E-state index is 12.2. The summed E-state index contributed by atoms with van der Waals surface area (Å²) in [4.78, 5) is -0.433. The highest BCUT2D eigenvalue weighted by Crippen LogP contribution is 2.24. The van der Waals surface area contributed by atoms with Crippen LogP contribution in [0.3, 0.4) is 0 Å². The van der Waals surface area contributed by atoms with Crippen molar-refractivity contribution in [2.75, 3.05) is 24.9 Å². The molecule has 0 aromatic heterocycles. The van der Waals surface area contributed by atoms with Crippen molar-refractivity contribution in [2.24, 2.45) is 0 Å². The van der Waals surface area contributed by atoms with Crippen molar-refractivity contribution in [2.45, 2.75) is 9.10 Å². The molecule has 0 saturated heterocycles. The molecule has 0 aliphatic carbocycles. The molecule has 1 rings (SSSR count). The molecule has 126 valence electrons. The van der Waals surface area contributed by atoms with Crippen LogP contribution in [0.25, 0.3) is 0 Å². The number of benzene rings is 1. The van der Waals surface area contributed by atoms with Gasteiger partial charge in [0.15, 0.2) is 19.7 Å². The third-order valence-corrected chi connectivity index (χ3v) is 9.29. The van der Waals surface area contributed by atoms with Crippen molar-refractivity contribution < 1.29 is 30.4 Å². The molecule has 0 bridgehead atoms. The van der Waals surface area contributed by atoms with Crippen LogP contribution in [0.15, 0.2) is 29.2 Å². The standard InChI is InChI=1S/C10H16N2O7S3/c1-20(14,15)10(7-13,21(2,16)17)12-22(18,19)9-5-3-4-8(11)6-9/h3-6,12-13H,7,11H2,1-2H3. The molecule has 0 amide bonds. The monoisotopic (exact) mass is 372 g/mol. The lowest BCUT2D eigenvalue weighted by Gasteiger charge is -2.28. The topological polar surface area (TPSA) is 161 Å². The van der Waals surface area contributed by atoms with Crippen LogP contribution in [-0.4, -0.2) is 53.7 Å². The fourth-order valence-electron chi connectivity index (χ4n) is 1.64. The largest absolute Gasteiger partial charge is 0.399 e. The summed E-state index contributed by atoms with van der Waals surface area (Å²) in [6.45, 7) is -1.48. The SMILES string of the molecule is CS(=O)(=O)C(CO)(NS(=O)(=O)c1cccc(N)c1)S(C)(=O)=O. The van der Waals surface area contributed by atoms with E-state index in [1.165, 1.54) is 12.1 Å². The molecule has 0 radical (unpaired) electrons.